The van der Waals surface area contributed by atoms with E-state index in [1.54, 1.807) is 0 Å². The summed E-state index contributed by atoms with van der Waals surface area (Å²) in [7, 11) is 2.23. The molecule has 1 aliphatic heterocycles. The number of urea groups is 1. The van der Waals surface area contributed by atoms with Crippen molar-refractivity contribution >= 4 is 6.03 Å². The van der Waals surface area contributed by atoms with Crippen LogP contribution >= 0.6 is 0 Å². The lowest BCUT2D eigenvalue weighted by Crippen LogP contribution is -2.40. The second-order valence-electron chi connectivity index (χ2n) is 7.56. The molecule has 24 heavy (non-hydrogen) atoms. The molecule has 1 saturated heterocycles. The second kappa shape index (κ2) is 11.7. The SMILES string of the molecule is CN(CCCNC(=O)NCCCN1CCCCC1)C1CCCCC1. The first kappa shape index (κ1) is 19.5. The van der Waals surface area contributed by atoms with Crippen LogP contribution in [0.5, 0.6) is 0 Å². The fraction of sp³-hybridized carbons (Fsp3) is 0.947. The lowest BCUT2D eigenvalue weighted by molar-refractivity contribution is 0.189. The van der Waals surface area contributed by atoms with Crippen molar-refractivity contribution in [2.45, 2.75) is 70.3 Å². The van der Waals surface area contributed by atoms with Crippen LogP contribution in [0, 0.1) is 0 Å². The van der Waals surface area contributed by atoms with E-state index in [4.69, 9.17) is 0 Å². The molecule has 1 heterocycles. The molecule has 5 heteroatoms. The summed E-state index contributed by atoms with van der Waals surface area (Å²) in [6.45, 7) is 6.23. The first-order valence-corrected chi connectivity index (χ1v) is 10.2. The number of carbonyl (C=O) groups excluding carboxylic acids is 1. The summed E-state index contributed by atoms with van der Waals surface area (Å²) in [6, 6.07) is 0.760. The topological polar surface area (TPSA) is 47.6 Å². The highest BCUT2D eigenvalue weighted by Crippen LogP contribution is 2.21. The number of nitrogens with one attached hydrogen (secondary N) is 2. The first-order valence-electron chi connectivity index (χ1n) is 10.2. The molecular weight excluding hydrogens is 300 g/mol. The van der Waals surface area contributed by atoms with Gasteiger partial charge < -0.3 is 20.4 Å². The van der Waals surface area contributed by atoms with Gasteiger partial charge in [0.2, 0.25) is 0 Å². The summed E-state index contributed by atoms with van der Waals surface area (Å²) < 4.78 is 0. The highest BCUT2D eigenvalue weighted by Gasteiger charge is 2.17. The molecule has 5 nitrogen and oxygen atoms in total. The van der Waals surface area contributed by atoms with Gasteiger partial charge in [-0.1, -0.05) is 25.7 Å². The van der Waals surface area contributed by atoms with Gasteiger partial charge in [0.05, 0.1) is 0 Å². The summed E-state index contributed by atoms with van der Waals surface area (Å²) in [6.07, 6.45) is 13.0. The normalized spacial score (nSPS) is 20.2. The Bertz CT molecular complexity index is 338. The van der Waals surface area contributed by atoms with Gasteiger partial charge in [0.1, 0.15) is 0 Å². The Labute approximate surface area is 148 Å². The molecular formula is C19H38N4O. The van der Waals surface area contributed by atoms with Crippen LogP contribution in [-0.4, -0.2) is 68.2 Å². The maximum atomic E-state index is 11.8. The summed E-state index contributed by atoms with van der Waals surface area (Å²) in [5, 5.41) is 5.97. The minimum Gasteiger partial charge on any atom is -0.338 e. The molecule has 1 saturated carbocycles. The summed E-state index contributed by atoms with van der Waals surface area (Å²) in [5.41, 5.74) is 0. The molecule has 2 amide bonds. The Hall–Kier alpha value is -0.810. The van der Waals surface area contributed by atoms with E-state index in [2.05, 4.69) is 27.5 Å². The van der Waals surface area contributed by atoms with Crippen LogP contribution < -0.4 is 10.6 Å². The van der Waals surface area contributed by atoms with E-state index < -0.39 is 0 Å². The van der Waals surface area contributed by atoms with Crippen molar-refractivity contribution < 1.29 is 4.79 Å². The molecule has 0 aromatic heterocycles. The summed E-state index contributed by atoms with van der Waals surface area (Å²) in [4.78, 5) is 16.8. The first-order chi connectivity index (χ1) is 11.8. The minimum absolute atomic E-state index is 0.00559. The molecule has 0 atom stereocenters. The van der Waals surface area contributed by atoms with Crippen molar-refractivity contribution in [3.05, 3.63) is 0 Å². The molecule has 2 fully saturated rings. The zero-order valence-corrected chi connectivity index (χ0v) is 15.7. The van der Waals surface area contributed by atoms with Crippen LogP contribution in [0.2, 0.25) is 0 Å². The Morgan fingerprint density at radius 3 is 2.29 bits per heavy atom. The summed E-state index contributed by atoms with van der Waals surface area (Å²) in [5.74, 6) is 0. The Morgan fingerprint density at radius 1 is 0.958 bits per heavy atom. The lowest BCUT2D eigenvalue weighted by Gasteiger charge is -2.31. The molecule has 0 aromatic carbocycles. The van der Waals surface area contributed by atoms with E-state index in [1.165, 1.54) is 64.5 Å². The van der Waals surface area contributed by atoms with Crippen molar-refractivity contribution in [3.8, 4) is 0 Å². The predicted molar refractivity (Wildman–Crippen MR) is 100 cm³/mol. The summed E-state index contributed by atoms with van der Waals surface area (Å²) >= 11 is 0. The number of carbonyl (C=O) groups is 1. The molecule has 140 valence electrons. The highest BCUT2D eigenvalue weighted by molar-refractivity contribution is 5.73. The van der Waals surface area contributed by atoms with Gasteiger partial charge in [0.25, 0.3) is 0 Å². The van der Waals surface area contributed by atoms with E-state index in [0.29, 0.717) is 0 Å². The number of hydrogen-bond acceptors (Lipinski definition) is 3. The Morgan fingerprint density at radius 2 is 1.58 bits per heavy atom. The Balaban J connectivity index is 1.41. The van der Waals surface area contributed by atoms with Crippen LogP contribution in [0.25, 0.3) is 0 Å². The molecule has 0 spiro atoms. The van der Waals surface area contributed by atoms with Gasteiger partial charge in [-0.05, 0) is 71.8 Å². The number of piperidine rings is 1. The van der Waals surface area contributed by atoms with Crippen LogP contribution in [0.3, 0.4) is 0 Å². The third-order valence-corrected chi connectivity index (χ3v) is 5.56. The molecule has 0 radical (unpaired) electrons. The molecule has 0 unspecified atom stereocenters. The van der Waals surface area contributed by atoms with Gasteiger partial charge in [-0.2, -0.15) is 0 Å². The fourth-order valence-electron chi connectivity index (χ4n) is 3.98. The van der Waals surface area contributed by atoms with Gasteiger partial charge in [-0.25, -0.2) is 4.79 Å². The monoisotopic (exact) mass is 338 g/mol. The van der Waals surface area contributed by atoms with Gasteiger partial charge in [-0.15, -0.1) is 0 Å². The van der Waals surface area contributed by atoms with Gasteiger partial charge in [0.15, 0.2) is 0 Å². The van der Waals surface area contributed by atoms with Crippen molar-refractivity contribution in [1.82, 2.24) is 20.4 Å². The number of likely N-dealkylation sites (tertiary alicyclic amines) is 1. The number of nitrogens with zero attached hydrogens (tertiary/aromatic N) is 2. The Kier molecular flexibility index (Phi) is 9.51. The number of hydrogen-bond donors (Lipinski definition) is 2. The largest absolute Gasteiger partial charge is 0.338 e. The van der Waals surface area contributed by atoms with Crippen molar-refractivity contribution in [2.24, 2.45) is 0 Å². The van der Waals surface area contributed by atoms with Crippen LogP contribution in [0.4, 0.5) is 4.79 Å². The number of rotatable bonds is 9. The zero-order valence-electron chi connectivity index (χ0n) is 15.7. The number of amides is 2. The van der Waals surface area contributed by atoms with Crippen molar-refractivity contribution in [1.29, 1.82) is 0 Å². The minimum atomic E-state index is -0.00559. The van der Waals surface area contributed by atoms with Crippen LogP contribution in [0.15, 0.2) is 0 Å². The van der Waals surface area contributed by atoms with E-state index in [9.17, 15) is 4.79 Å². The lowest BCUT2D eigenvalue weighted by atomic mass is 9.94. The van der Waals surface area contributed by atoms with E-state index >= 15 is 0 Å². The average Bonchev–Trinajstić information content (AvgIpc) is 2.64. The predicted octanol–water partition coefficient (Wildman–Crippen LogP) is 2.82. The second-order valence-corrected chi connectivity index (χ2v) is 7.56. The standard InChI is InChI=1S/C19H38N4O/c1-22(18-10-4-2-5-11-18)14-8-12-20-19(24)21-13-9-17-23-15-6-3-7-16-23/h18H,2-17H2,1H3,(H2,20,21,24). The average molecular weight is 339 g/mol. The molecule has 1 aliphatic carbocycles. The third kappa shape index (κ3) is 7.84. The van der Waals surface area contributed by atoms with E-state index in [-0.39, 0.29) is 6.03 Å². The van der Waals surface area contributed by atoms with Crippen LogP contribution in [-0.2, 0) is 0 Å². The molecule has 2 rings (SSSR count). The molecule has 0 aromatic rings. The third-order valence-electron chi connectivity index (χ3n) is 5.56. The highest BCUT2D eigenvalue weighted by atomic mass is 16.2. The van der Waals surface area contributed by atoms with Crippen molar-refractivity contribution in [2.75, 3.05) is 46.3 Å². The van der Waals surface area contributed by atoms with Crippen LogP contribution in [0.1, 0.15) is 64.2 Å². The fourth-order valence-corrected chi connectivity index (χ4v) is 3.98. The van der Waals surface area contributed by atoms with Crippen molar-refractivity contribution in [3.63, 3.8) is 0 Å². The molecule has 2 N–H and O–H groups in total. The zero-order chi connectivity index (χ0) is 17.0. The maximum absolute atomic E-state index is 11.8. The van der Waals surface area contributed by atoms with E-state index in [0.717, 1.165) is 45.1 Å². The molecule has 2 aliphatic rings. The quantitative estimate of drug-likeness (QED) is 0.636. The van der Waals surface area contributed by atoms with E-state index in [1.807, 2.05) is 0 Å². The molecule has 0 bridgehead atoms. The van der Waals surface area contributed by atoms with Gasteiger partial charge >= 0.3 is 6.03 Å². The smallest absolute Gasteiger partial charge is 0.314 e. The van der Waals surface area contributed by atoms with Gasteiger partial charge in [0, 0.05) is 19.1 Å². The maximum Gasteiger partial charge on any atom is 0.314 e. The van der Waals surface area contributed by atoms with Gasteiger partial charge in [-0.3, -0.25) is 0 Å².